The van der Waals surface area contributed by atoms with Crippen LogP contribution in [0, 0.1) is 17.2 Å². The number of nitrogens with two attached hydrogens (primary N) is 1. The molecule has 7 nitrogen and oxygen atoms in total. The first kappa shape index (κ1) is 20.9. The third-order valence-corrected chi connectivity index (χ3v) is 6.69. The van der Waals surface area contributed by atoms with Gasteiger partial charge in [-0.15, -0.1) is 0 Å². The zero-order valence-corrected chi connectivity index (χ0v) is 17.9. The number of benzene rings is 1. The van der Waals surface area contributed by atoms with Crippen LogP contribution in [-0.4, -0.2) is 34.1 Å². The predicted octanol–water partition coefficient (Wildman–Crippen LogP) is 2.99. The Morgan fingerprint density at radius 2 is 2.06 bits per heavy atom. The van der Waals surface area contributed by atoms with Gasteiger partial charge in [-0.25, -0.2) is 4.99 Å². The van der Waals surface area contributed by atoms with Crippen molar-refractivity contribution in [3.8, 4) is 6.07 Å². The first-order chi connectivity index (χ1) is 15.0. The molecule has 0 saturated heterocycles. The summed E-state index contributed by atoms with van der Waals surface area (Å²) in [6, 6.07) is 13.8. The average molecular weight is 435 g/mol. The van der Waals surface area contributed by atoms with Gasteiger partial charge in [0.05, 0.1) is 34.6 Å². The fraction of sp³-hybridized carbons (Fsp3) is 0.304. The average Bonchev–Trinajstić information content (AvgIpc) is 3.30. The van der Waals surface area contributed by atoms with Crippen molar-refractivity contribution in [2.75, 3.05) is 12.3 Å². The standard InChI is InChI=1S/C23H22N4O3S/c1-14-20(22(25)29)21(18-7-4-10-30-18)17(11-24)23(26-14)31-13-19(28)27-9-8-15-5-2-3-6-16(15)12-27/h2-7,10,17,21H,8-9,12-13H2,1H3,(H2,25,29). The normalized spacial score (nSPS) is 20.6. The van der Waals surface area contributed by atoms with Crippen LogP contribution in [0.5, 0.6) is 0 Å². The van der Waals surface area contributed by atoms with Gasteiger partial charge in [0.15, 0.2) is 0 Å². The minimum absolute atomic E-state index is 0.00391. The van der Waals surface area contributed by atoms with Crippen LogP contribution in [0.4, 0.5) is 0 Å². The van der Waals surface area contributed by atoms with E-state index in [1.807, 2.05) is 23.1 Å². The first-order valence-electron chi connectivity index (χ1n) is 9.99. The molecule has 0 radical (unpaired) electrons. The lowest BCUT2D eigenvalue weighted by atomic mass is 9.82. The molecule has 0 saturated carbocycles. The van der Waals surface area contributed by atoms with Gasteiger partial charge in [0.2, 0.25) is 11.8 Å². The molecule has 1 aromatic heterocycles. The van der Waals surface area contributed by atoms with Crippen molar-refractivity contribution < 1.29 is 14.0 Å². The Bertz CT molecular complexity index is 1110. The molecule has 0 fully saturated rings. The summed E-state index contributed by atoms with van der Waals surface area (Å²) in [5, 5.41) is 10.4. The zero-order valence-electron chi connectivity index (χ0n) is 17.1. The van der Waals surface area contributed by atoms with Crippen molar-refractivity contribution in [2.45, 2.75) is 25.8 Å². The van der Waals surface area contributed by atoms with Crippen molar-refractivity contribution in [3.63, 3.8) is 0 Å². The van der Waals surface area contributed by atoms with Crippen LogP contribution in [0.25, 0.3) is 0 Å². The van der Waals surface area contributed by atoms with E-state index in [1.165, 1.54) is 29.2 Å². The van der Waals surface area contributed by atoms with Crippen LogP contribution in [0.3, 0.4) is 0 Å². The lowest BCUT2D eigenvalue weighted by molar-refractivity contribution is -0.129. The van der Waals surface area contributed by atoms with Gasteiger partial charge in [0.1, 0.15) is 11.7 Å². The highest BCUT2D eigenvalue weighted by atomic mass is 32.2. The summed E-state index contributed by atoms with van der Waals surface area (Å²) in [6.45, 7) is 2.95. The third kappa shape index (κ3) is 4.14. The van der Waals surface area contributed by atoms with Gasteiger partial charge >= 0.3 is 0 Å². The summed E-state index contributed by atoms with van der Waals surface area (Å²) in [5.41, 5.74) is 8.75. The van der Waals surface area contributed by atoms with Crippen LogP contribution < -0.4 is 5.73 Å². The lowest BCUT2D eigenvalue weighted by Crippen LogP contribution is -2.37. The van der Waals surface area contributed by atoms with Gasteiger partial charge in [-0.05, 0) is 36.6 Å². The number of fused-ring (bicyclic) bond motifs is 1. The summed E-state index contributed by atoms with van der Waals surface area (Å²) >= 11 is 1.24. The fourth-order valence-corrected chi connectivity index (χ4v) is 5.15. The molecule has 0 bridgehead atoms. The molecule has 158 valence electrons. The van der Waals surface area contributed by atoms with E-state index in [0.717, 1.165) is 6.42 Å². The van der Waals surface area contributed by atoms with Crippen molar-refractivity contribution in [1.29, 1.82) is 5.26 Å². The highest BCUT2D eigenvalue weighted by Gasteiger charge is 2.40. The molecule has 2 atom stereocenters. The maximum absolute atomic E-state index is 12.9. The number of furan rings is 1. The molecule has 1 aromatic carbocycles. The van der Waals surface area contributed by atoms with E-state index in [2.05, 4.69) is 17.1 Å². The van der Waals surface area contributed by atoms with Gasteiger partial charge in [-0.3, -0.25) is 9.59 Å². The number of rotatable bonds is 4. The second-order valence-electron chi connectivity index (χ2n) is 7.54. The number of aliphatic imine (C=N–C) groups is 1. The van der Waals surface area contributed by atoms with E-state index in [-0.39, 0.29) is 17.2 Å². The first-order valence-corrected chi connectivity index (χ1v) is 11.0. The molecule has 2 unspecified atom stereocenters. The lowest BCUT2D eigenvalue weighted by Gasteiger charge is -2.30. The number of amides is 2. The topological polar surface area (TPSA) is 113 Å². The van der Waals surface area contributed by atoms with Crippen LogP contribution >= 0.6 is 11.8 Å². The second-order valence-corrected chi connectivity index (χ2v) is 8.53. The molecule has 2 aliphatic rings. The van der Waals surface area contributed by atoms with Crippen molar-refractivity contribution in [3.05, 3.63) is 70.8 Å². The molecule has 8 heteroatoms. The maximum Gasteiger partial charge on any atom is 0.247 e. The Morgan fingerprint density at radius 1 is 1.29 bits per heavy atom. The number of thioether (sulfide) groups is 1. The minimum Gasteiger partial charge on any atom is -0.469 e. The molecule has 0 aliphatic carbocycles. The van der Waals surface area contributed by atoms with E-state index in [0.29, 0.717) is 29.6 Å². The monoisotopic (exact) mass is 434 g/mol. The van der Waals surface area contributed by atoms with Crippen molar-refractivity contribution in [1.82, 2.24) is 4.90 Å². The quantitative estimate of drug-likeness (QED) is 0.795. The Kier molecular flexibility index (Phi) is 5.96. The fourth-order valence-electron chi connectivity index (χ4n) is 4.12. The molecule has 2 aliphatic heterocycles. The number of hydrogen-bond acceptors (Lipinski definition) is 6. The molecule has 31 heavy (non-hydrogen) atoms. The van der Waals surface area contributed by atoms with Crippen LogP contribution in [0.1, 0.15) is 29.7 Å². The summed E-state index contributed by atoms with van der Waals surface area (Å²) in [5.74, 6) is -1.38. The largest absolute Gasteiger partial charge is 0.469 e. The van der Waals surface area contributed by atoms with Crippen molar-refractivity contribution >= 4 is 28.6 Å². The molecule has 3 heterocycles. The molecule has 2 aromatic rings. The number of hydrogen-bond donors (Lipinski definition) is 1. The number of carbonyl (C=O) groups is 2. The molecule has 2 N–H and O–H groups in total. The number of nitrogens with zero attached hydrogens (tertiary/aromatic N) is 3. The molecule has 2 amide bonds. The predicted molar refractivity (Wildman–Crippen MR) is 118 cm³/mol. The Balaban J connectivity index is 1.52. The summed E-state index contributed by atoms with van der Waals surface area (Å²) in [6.07, 6.45) is 2.33. The SMILES string of the molecule is CC1=C(C(N)=O)C(c2ccco2)C(C#N)C(SCC(=O)N2CCc3ccccc3C2)=N1. The number of nitriles is 1. The van der Waals surface area contributed by atoms with Crippen LogP contribution in [0.2, 0.25) is 0 Å². The summed E-state index contributed by atoms with van der Waals surface area (Å²) in [7, 11) is 0. The van der Waals surface area contributed by atoms with Gasteiger partial charge in [0, 0.05) is 18.8 Å². The Hall–Kier alpha value is -3.31. The van der Waals surface area contributed by atoms with Gasteiger partial charge in [0.25, 0.3) is 0 Å². The van der Waals surface area contributed by atoms with E-state index in [1.54, 1.807) is 19.1 Å². The minimum atomic E-state index is -0.753. The zero-order chi connectivity index (χ0) is 22.0. The van der Waals surface area contributed by atoms with Crippen LogP contribution in [0.15, 0.2) is 63.3 Å². The van der Waals surface area contributed by atoms with Gasteiger partial charge in [-0.2, -0.15) is 5.26 Å². The Labute approximate surface area is 184 Å². The summed E-state index contributed by atoms with van der Waals surface area (Å²) < 4.78 is 5.50. The molecule has 0 spiro atoms. The second kappa shape index (κ2) is 8.82. The molecular weight excluding hydrogens is 412 g/mol. The molecular formula is C23H22N4O3S. The van der Waals surface area contributed by atoms with Gasteiger partial charge in [-0.1, -0.05) is 36.0 Å². The molecule has 4 rings (SSSR count). The number of allylic oxidation sites excluding steroid dienone is 1. The van der Waals surface area contributed by atoms with E-state index >= 15 is 0 Å². The maximum atomic E-state index is 12.9. The number of primary amides is 1. The van der Waals surface area contributed by atoms with E-state index in [9.17, 15) is 14.9 Å². The van der Waals surface area contributed by atoms with Crippen LogP contribution in [-0.2, 0) is 22.6 Å². The number of carbonyl (C=O) groups excluding carboxylic acids is 2. The smallest absolute Gasteiger partial charge is 0.247 e. The van der Waals surface area contributed by atoms with Gasteiger partial charge < -0.3 is 15.1 Å². The Morgan fingerprint density at radius 3 is 2.74 bits per heavy atom. The van der Waals surface area contributed by atoms with Crippen molar-refractivity contribution in [2.24, 2.45) is 16.6 Å². The summed E-state index contributed by atoms with van der Waals surface area (Å²) in [4.78, 5) is 31.3. The van der Waals surface area contributed by atoms with E-state index < -0.39 is 17.7 Å². The highest BCUT2D eigenvalue weighted by molar-refractivity contribution is 8.14. The highest BCUT2D eigenvalue weighted by Crippen LogP contribution is 2.41. The van der Waals surface area contributed by atoms with E-state index in [4.69, 9.17) is 10.2 Å². The third-order valence-electron chi connectivity index (χ3n) is 5.66.